The van der Waals surface area contributed by atoms with Gasteiger partial charge in [0, 0.05) is 5.56 Å². The molecule has 3 aromatic rings. The van der Waals surface area contributed by atoms with Crippen LogP contribution in [0.4, 0.5) is 5.82 Å². The first-order chi connectivity index (χ1) is 10.1. The first-order valence-corrected chi connectivity index (χ1v) is 7.05. The van der Waals surface area contributed by atoms with Crippen molar-refractivity contribution in [1.29, 1.82) is 0 Å². The molecule has 3 heteroatoms. The van der Waals surface area contributed by atoms with E-state index in [1.54, 1.807) is 0 Å². The minimum atomic E-state index is 0.538. The number of aromatic nitrogens is 2. The lowest BCUT2D eigenvalue weighted by Gasteiger charge is -2.09. The normalized spacial score (nSPS) is 10.8. The molecule has 0 aliphatic rings. The molecule has 3 N–H and O–H groups in total. The summed E-state index contributed by atoms with van der Waals surface area (Å²) in [6.07, 6.45) is 0. The summed E-state index contributed by atoms with van der Waals surface area (Å²) in [6.45, 7) is 6.28. The molecule has 2 aromatic carbocycles. The number of nitrogen functional groups attached to an aromatic ring is 1. The summed E-state index contributed by atoms with van der Waals surface area (Å²) in [5, 5.41) is 7.32. The number of hydrogen-bond donors (Lipinski definition) is 2. The molecule has 0 saturated carbocycles. The Morgan fingerprint density at radius 2 is 1.71 bits per heavy atom. The van der Waals surface area contributed by atoms with Crippen molar-refractivity contribution < 1.29 is 0 Å². The smallest absolute Gasteiger partial charge is 0.153 e. The van der Waals surface area contributed by atoms with Gasteiger partial charge in [0.2, 0.25) is 0 Å². The van der Waals surface area contributed by atoms with Crippen molar-refractivity contribution in [1.82, 2.24) is 10.2 Å². The summed E-state index contributed by atoms with van der Waals surface area (Å²) in [5.41, 5.74) is 14.0. The molecule has 3 rings (SSSR count). The average Bonchev–Trinajstić information content (AvgIpc) is 2.83. The number of nitrogens with one attached hydrogen (secondary N) is 1. The molecule has 0 atom stereocenters. The van der Waals surface area contributed by atoms with E-state index in [1.807, 2.05) is 6.07 Å². The molecule has 0 spiro atoms. The Morgan fingerprint density at radius 3 is 2.48 bits per heavy atom. The Bertz CT molecular complexity index is 800. The Morgan fingerprint density at radius 1 is 0.952 bits per heavy atom. The summed E-state index contributed by atoms with van der Waals surface area (Å²) < 4.78 is 0. The lowest BCUT2D eigenvalue weighted by molar-refractivity contribution is 1.10. The Hall–Kier alpha value is -2.55. The molecule has 0 bridgehead atoms. The van der Waals surface area contributed by atoms with Gasteiger partial charge in [-0.3, -0.25) is 5.10 Å². The quantitative estimate of drug-likeness (QED) is 0.735. The highest BCUT2D eigenvalue weighted by atomic mass is 15.2. The lowest BCUT2D eigenvalue weighted by atomic mass is 9.96. The van der Waals surface area contributed by atoms with E-state index in [0.717, 1.165) is 22.4 Å². The largest absolute Gasteiger partial charge is 0.382 e. The van der Waals surface area contributed by atoms with Gasteiger partial charge in [0.1, 0.15) is 0 Å². The van der Waals surface area contributed by atoms with Crippen LogP contribution in [0.25, 0.3) is 22.4 Å². The molecule has 3 nitrogen and oxygen atoms in total. The van der Waals surface area contributed by atoms with Crippen LogP contribution in [0.1, 0.15) is 16.7 Å². The molecule has 1 heterocycles. The van der Waals surface area contributed by atoms with Gasteiger partial charge in [-0.1, -0.05) is 47.5 Å². The second-order valence-corrected chi connectivity index (χ2v) is 5.55. The van der Waals surface area contributed by atoms with Crippen molar-refractivity contribution in [3.05, 3.63) is 59.2 Å². The molecule has 0 saturated heterocycles. The molecule has 0 radical (unpaired) electrons. The summed E-state index contributed by atoms with van der Waals surface area (Å²) in [4.78, 5) is 0. The third-order valence-electron chi connectivity index (χ3n) is 3.76. The number of aryl methyl sites for hydroxylation is 3. The zero-order valence-electron chi connectivity index (χ0n) is 12.6. The molecule has 106 valence electrons. The first kappa shape index (κ1) is 13.4. The van der Waals surface area contributed by atoms with Crippen LogP contribution in [0, 0.1) is 20.8 Å². The summed E-state index contributed by atoms with van der Waals surface area (Å²) in [7, 11) is 0. The minimum Gasteiger partial charge on any atom is -0.382 e. The minimum absolute atomic E-state index is 0.538. The molecule has 0 unspecified atom stereocenters. The Kier molecular flexibility index (Phi) is 3.26. The van der Waals surface area contributed by atoms with E-state index in [9.17, 15) is 0 Å². The maximum atomic E-state index is 6.11. The SMILES string of the molecule is Cc1cccc(-c2c(N)n[nH]c2-c2cc(C)ccc2C)c1. The highest BCUT2D eigenvalue weighted by Crippen LogP contribution is 2.36. The number of nitrogens with zero attached hydrogens (tertiary/aromatic N) is 1. The summed E-state index contributed by atoms with van der Waals surface area (Å²) in [5.74, 6) is 0.538. The molecular weight excluding hydrogens is 258 g/mol. The maximum absolute atomic E-state index is 6.11. The van der Waals surface area contributed by atoms with Gasteiger partial charge >= 0.3 is 0 Å². The van der Waals surface area contributed by atoms with Crippen LogP contribution in [0.3, 0.4) is 0 Å². The standard InChI is InChI=1S/C18H19N3/c1-11-5-4-6-14(9-11)16-17(20-21-18(16)19)15-10-12(2)7-8-13(15)3/h4-10H,1-3H3,(H3,19,20,21). The van der Waals surface area contributed by atoms with Gasteiger partial charge in [0.05, 0.1) is 11.3 Å². The van der Waals surface area contributed by atoms with Gasteiger partial charge in [-0.2, -0.15) is 5.10 Å². The molecule has 0 amide bonds. The van der Waals surface area contributed by atoms with Gasteiger partial charge in [0.25, 0.3) is 0 Å². The summed E-state index contributed by atoms with van der Waals surface area (Å²) >= 11 is 0. The lowest BCUT2D eigenvalue weighted by Crippen LogP contribution is -1.91. The van der Waals surface area contributed by atoms with Crippen LogP contribution < -0.4 is 5.73 Å². The van der Waals surface area contributed by atoms with Gasteiger partial charge in [0.15, 0.2) is 5.82 Å². The number of aromatic amines is 1. The van der Waals surface area contributed by atoms with Crippen LogP contribution in [0.5, 0.6) is 0 Å². The monoisotopic (exact) mass is 277 g/mol. The third-order valence-corrected chi connectivity index (χ3v) is 3.76. The molecule has 0 aliphatic heterocycles. The van der Waals surface area contributed by atoms with E-state index in [0.29, 0.717) is 5.82 Å². The number of rotatable bonds is 2. The predicted molar refractivity (Wildman–Crippen MR) is 88.1 cm³/mol. The van der Waals surface area contributed by atoms with E-state index in [2.05, 4.69) is 67.4 Å². The van der Waals surface area contributed by atoms with Crippen molar-refractivity contribution >= 4 is 5.82 Å². The number of nitrogens with two attached hydrogens (primary N) is 1. The maximum Gasteiger partial charge on any atom is 0.153 e. The van der Waals surface area contributed by atoms with Crippen LogP contribution in [-0.4, -0.2) is 10.2 Å². The zero-order chi connectivity index (χ0) is 15.0. The number of anilines is 1. The molecule has 0 aliphatic carbocycles. The van der Waals surface area contributed by atoms with Crippen LogP contribution >= 0.6 is 0 Å². The van der Waals surface area contributed by atoms with Crippen molar-refractivity contribution in [3.8, 4) is 22.4 Å². The van der Waals surface area contributed by atoms with E-state index in [4.69, 9.17) is 5.73 Å². The Labute approximate surface area is 124 Å². The van der Waals surface area contributed by atoms with Crippen LogP contribution in [0.2, 0.25) is 0 Å². The van der Waals surface area contributed by atoms with Crippen molar-refractivity contribution in [3.63, 3.8) is 0 Å². The Balaban J connectivity index is 2.24. The molecule has 0 fully saturated rings. The number of benzene rings is 2. The van der Waals surface area contributed by atoms with Crippen molar-refractivity contribution in [2.45, 2.75) is 20.8 Å². The molecule has 1 aromatic heterocycles. The van der Waals surface area contributed by atoms with Crippen LogP contribution in [-0.2, 0) is 0 Å². The van der Waals surface area contributed by atoms with Crippen LogP contribution in [0.15, 0.2) is 42.5 Å². The van der Waals surface area contributed by atoms with Gasteiger partial charge in [-0.05, 0) is 38.0 Å². The molecule has 21 heavy (non-hydrogen) atoms. The first-order valence-electron chi connectivity index (χ1n) is 7.05. The van der Waals surface area contributed by atoms with Gasteiger partial charge in [-0.15, -0.1) is 0 Å². The zero-order valence-corrected chi connectivity index (χ0v) is 12.6. The highest BCUT2D eigenvalue weighted by molar-refractivity contribution is 5.88. The fourth-order valence-electron chi connectivity index (χ4n) is 2.65. The van der Waals surface area contributed by atoms with E-state index < -0.39 is 0 Å². The average molecular weight is 277 g/mol. The predicted octanol–water partition coefficient (Wildman–Crippen LogP) is 4.25. The number of hydrogen-bond acceptors (Lipinski definition) is 2. The van der Waals surface area contributed by atoms with E-state index in [-0.39, 0.29) is 0 Å². The van der Waals surface area contributed by atoms with E-state index in [1.165, 1.54) is 16.7 Å². The molecular formula is C18H19N3. The van der Waals surface area contributed by atoms with Crippen molar-refractivity contribution in [2.24, 2.45) is 0 Å². The number of H-pyrrole nitrogens is 1. The second-order valence-electron chi connectivity index (χ2n) is 5.55. The fraction of sp³-hybridized carbons (Fsp3) is 0.167. The highest BCUT2D eigenvalue weighted by Gasteiger charge is 2.16. The van der Waals surface area contributed by atoms with E-state index >= 15 is 0 Å². The second kappa shape index (κ2) is 5.09. The fourth-order valence-corrected chi connectivity index (χ4v) is 2.65. The topological polar surface area (TPSA) is 54.7 Å². The van der Waals surface area contributed by atoms with Crippen molar-refractivity contribution in [2.75, 3.05) is 5.73 Å². The van der Waals surface area contributed by atoms with Gasteiger partial charge < -0.3 is 5.73 Å². The summed E-state index contributed by atoms with van der Waals surface area (Å²) in [6, 6.07) is 14.7. The third kappa shape index (κ3) is 2.42. The van der Waals surface area contributed by atoms with Gasteiger partial charge in [-0.25, -0.2) is 0 Å².